The Labute approximate surface area is 192 Å². The van der Waals surface area contributed by atoms with Crippen molar-refractivity contribution in [1.82, 2.24) is 0 Å². The van der Waals surface area contributed by atoms with Crippen molar-refractivity contribution >= 4 is 33.5 Å². The first-order valence-electron chi connectivity index (χ1n) is 10.7. The van der Waals surface area contributed by atoms with Gasteiger partial charge in [0, 0.05) is 25.3 Å². The van der Waals surface area contributed by atoms with Crippen LogP contribution in [0.3, 0.4) is 0 Å². The standard InChI is InChI=1S/C28H26O5/c1-27(31-3,23-17-9-13-19-11-5-7-15-21(19)23)25(29)33-26(30)28(2,32-4)24-18-10-14-20-12-6-8-16-22(20)24/h5-18H,1-4H3/t27-,28-/m0/s1. The van der Waals surface area contributed by atoms with Crippen molar-refractivity contribution in [2.75, 3.05) is 14.2 Å². The summed E-state index contributed by atoms with van der Waals surface area (Å²) in [6.45, 7) is 3.21. The van der Waals surface area contributed by atoms with E-state index >= 15 is 0 Å². The van der Waals surface area contributed by atoms with Crippen LogP contribution in [0, 0.1) is 0 Å². The lowest BCUT2D eigenvalue weighted by Gasteiger charge is -2.31. The number of methoxy groups -OCH3 is 2. The summed E-state index contributed by atoms with van der Waals surface area (Å²) in [6, 6.07) is 26.6. The van der Waals surface area contributed by atoms with Gasteiger partial charge in [0.1, 0.15) is 0 Å². The van der Waals surface area contributed by atoms with Crippen LogP contribution in [0.5, 0.6) is 0 Å². The minimum absolute atomic E-state index is 0.616. The number of esters is 2. The molecular weight excluding hydrogens is 416 g/mol. The van der Waals surface area contributed by atoms with E-state index in [0.717, 1.165) is 21.5 Å². The third-order valence-electron chi connectivity index (χ3n) is 6.39. The quantitative estimate of drug-likeness (QED) is 0.292. The van der Waals surface area contributed by atoms with E-state index in [0.29, 0.717) is 11.1 Å². The fraction of sp³-hybridized carbons (Fsp3) is 0.214. The molecule has 33 heavy (non-hydrogen) atoms. The maximum atomic E-state index is 13.4. The van der Waals surface area contributed by atoms with Crippen molar-refractivity contribution in [3.05, 3.63) is 96.1 Å². The Hall–Kier alpha value is -3.54. The second-order valence-corrected chi connectivity index (χ2v) is 8.21. The van der Waals surface area contributed by atoms with Crippen LogP contribution in [0.15, 0.2) is 84.9 Å². The zero-order chi connectivity index (χ0) is 23.6. The van der Waals surface area contributed by atoms with Crippen molar-refractivity contribution in [2.45, 2.75) is 25.0 Å². The van der Waals surface area contributed by atoms with Crippen molar-refractivity contribution in [3.8, 4) is 0 Å². The minimum Gasteiger partial charge on any atom is -0.388 e. The molecule has 2 atom stereocenters. The molecule has 0 aromatic heterocycles. The predicted octanol–water partition coefficient (Wildman–Crippen LogP) is 5.49. The maximum Gasteiger partial charge on any atom is 0.350 e. The van der Waals surface area contributed by atoms with E-state index in [-0.39, 0.29) is 0 Å². The highest BCUT2D eigenvalue weighted by Crippen LogP contribution is 2.36. The molecule has 0 unspecified atom stereocenters. The maximum absolute atomic E-state index is 13.4. The van der Waals surface area contributed by atoms with Crippen LogP contribution in [-0.2, 0) is 35.0 Å². The summed E-state index contributed by atoms with van der Waals surface area (Å²) in [4.78, 5) is 26.8. The lowest BCUT2D eigenvalue weighted by Crippen LogP contribution is -2.43. The number of hydrogen-bond donors (Lipinski definition) is 0. The van der Waals surface area contributed by atoms with E-state index in [1.807, 2.05) is 72.8 Å². The molecule has 168 valence electrons. The number of carbonyl (C=O) groups is 2. The predicted molar refractivity (Wildman–Crippen MR) is 128 cm³/mol. The lowest BCUT2D eigenvalue weighted by atomic mass is 9.89. The van der Waals surface area contributed by atoms with E-state index in [1.165, 1.54) is 14.2 Å². The molecule has 0 aliphatic heterocycles. The highest BCUT2D eigenvalue weighted by Gasteiger charge is 2.45. The Bertz CT molecular complexity index is 1230. The van der Waals surface area contributed by atoms with Crippen LogP contribution in [0.4, 0.5) is 0 Å². The summed E-state index contributed by atoms with van der Waals surface area (Å²) in [6.07, 6.45) is 0. The summed E-state index contributed by atoms with van der Waals surface area (Å²) < 4.78 is 16.7. The molecule has 0 spiro atoms. The van der Waals surface area contributed by atoms with Crippen LogP contribution in [-0.4, -0.2) is 26.2 Å². The molecule has 0 fully saturated rings. The third kappa shape index (κ3) is 3.80. The van der Waals surface area contributed by atoms with E-state index in [4.69, 9.17) is 14.2 Å². The monoisotopic (exact) mass is 442 g/mol. The topological polar surface area (TPSA) is 61.8 Å². The molecule has 0 aliphatic carbocycles. The summed E-state index contributed by atoms with van der Waals surface area (Å²) in [5.74, 6) is -1.62. The Kier molecular flexibility index (Phi) is 6.02. The number of hydrogen-bond acceptors (Lipinski definition) is 5. The van der Waals surface area contributed by atoms with Crippen LogP contribution in [0.2, 0.25) is 0 Å². The molecule has 0 amide bonds. The highest BCUT2D eigenvalue weighted by atomic mass is 16.6. The number of ether oxygens (including phenoxy) is 3. The molecule has 0 saturated carbocycles. The Balaban J connectivity index is 1.72. The molecule has 4 aromatic rings. The number of benzene rings is 4. The number of rotatable bonds is 6. The van der Waals surface area contributed by atoms with Crippen molar-refractivity contribution in [2.24, 2.45) is 0 Å². The van der Waals surface area contributed by atoms with Gasteiger partial charge >= 0.3 is 11.9 Å². The Morgan fingerprint density at radius 3 is 1.33 bits per heavy atom. The largest absolute Gasteiger partial charge is 0.388 e. The van der Waals surface area contributed by atoms with Crippen molar-refractivity contribution in [3.63, 3.8) is 0 Å². The van der Waals surface area contributed by atoms with Gasteiger partial charge in [-0.3, -0.25) is 0 Å². The zero-order valence-electron chi connectivity index (χ0n) is 19.1. The van der Waals surface area contributed by atoms with Gasteiger partial charge in [-0.25, -0.2) is 9.59 Å². The van der Waals surface area contributed by atoms with Crippen LogP contribution in [0.1, 0.15) is 25.0 Å². The highest BCUT2D eigenvalue weighted by molar-refractivity contribution is 6.00. The van der Waals surface area contributed by atoms with Gasteiger partial charge in [-0.05, 0) is 35.4 Å². The molecule has 5 nitrogen and oxygen atoms in total. The Morgan fingerprint density at radius 1 is 0.576 bits per heavy atom. The molecule has 4 aromatic carbocycles. The first-order chi connectivity index (χ1) is 15.8. The smallest absolute Gasteiger partial charge is 0.350 e. The molecule has 0 aliphatic rings. The molecule has 0 bridgehead atoms. The first kappa shape index (κ1) is 22.6. The van der Waals surface area contributed by atoms with Crippen molar-refractivity contribution < 1.29 is 23.8 Å². The van der Waals surface area contributed by atoms with E-state index in [9.17, 15) is 9.59 Å². The van der Waals surface area contributed by atoms with Gasteiger partial charge in [-0.15, -0.1) is 0 Å². The summed E-state index contributed by atoms with van der Waals surface area (Å²) in [7, 11) is 2.85. The van der Waals surface area contributed by atoms with Gasteiger partial charge in [-0.2, -0.15) is 0 Å². The average molecular weight is 443 g/mol. The van der Waals surface area contributed by atoms with E-state index < -0.39 is 23.1 Å². The first-order valence-corrected chi connectivity index (χ1v) is 10.7. The molecule has 0 N–H and O–H groups in total. The van der Waals surface area contributed by atoms with Gasteiger partial charge in [-0.1, -0.05) is 84.9 Å². The molecular formula is C28H26O5. The number of fused-ring (bicyclic) bond motifs is 2. The number of carbonyl (C=O) groups excluding carboxylic acids is 2. The summed E-state index contributed by atoms with van der Waals surface area (Å²) in [5, 5.41) is 3.60. The fourth-order valence-electron chi connectivity index (χ4n) is 4.17. The Morgan fingerprint density at radius 2 is 0.939 bits per heavy atom. The zero-order valence-corrected chi connectivity index (χ0v) is 19.1. The van der Waals surface area contributed by atoms with Gasteiger partial charge in [0.15, 0.2) is 11.2 Å². The van der Waals surface area contributed by atoms with Crippen LogP contribution >= 0.6 is 0 Å². The second kappa shape index (κ2) is 8.77. The fourth-order valence-corrected chi connectivity index (χ4v) is 4.17. The van der Waals surface area contributed by atoms with Gasteiger partial charge < -0.3 is 14.2 Å². The molecule has 0 saturated heterocycles. The molecule has 4 rings (SSSR count). The van der Waals surface area contributed by atoms with Crippen molar-refractivity contribution in [1.29, 1.82) is 0 Å². The van der Waals surface area contributed by atoms with Crippen LogP contribution < -0.4 is 0 Å². The molecule has 0 radical (unpaired) electrons. The second-order valence-electron chi connectivity index (χ2n) is 8.21. The molecule has 0 heterocycles. The average Bonchev–Trinajstić information content (AvgIpc) is 2.86. The van der Waals surface area contributed by atoms with E-state index in [2.05, 4.69) is 0 Å². The lowest BCUT2D eigenvalue weighted by molar-refractivity contribution is -0.188. The van der Waals surface area contributed by atoms with Crippen LogP contribution in [0.25, 0.3) is 21.5 Å². The van der Waals surface area contributed by atoms with Gasteiger partial charge in [0.2, 0.25) is 0 Å². The van der Waals surface area contributed by atoms with Gasteiger partial charge in [0.25, 0.3) is 0 Å². The molecule has 5 heteroatoms. The summed E-state index contributed by atoms with van der Waals surface area (Å²) >= 11 is 0. The summed E-state index contributed by atoms with van der Waals surface area (Å²) in [5.41, 5.74) is -1.76. The van der Waals surface area contributed by atoms with Gasteiger partial charge in [0.05, 0.1) is 0 Å². The third-order valence-corrected chi connectivity index (χ3v) is 6.39. The van der Waals surface area contributed by atoms with E-state index in [1.54, 1.807) is 26.0 Å². The normalized spacial score (nSPS) is 15.0. The SMILES string of the molecule is CO[C@](C)(C(=O)OC(=O)[C@@](C)(OC)c1cccc2ccccc12)c1cccc2ccccc12. The minimum atomic E-state index is -1.50.